The number of carbonyl (C=O) groups excluding carboxylic acids is 1. The molecule has 3 nitrogen and oxygen atoms in total. The number of hydrogen-bond acceptors (Lipinski definition) is 2. The molecule has 2 aromatic carbocycles. The summed E-state index contributed by atoms with van der Waals surface area (Å²) in [5.41, 5.74) is 7.24. The van der Waals surface area contributed by atoms with E-state index >= 15 is 0 Å². The van der Waals surface area contributed by atoms with Crippen molar-refractivity contribution in [2.75, 3.05) is 5.43 Å². The fourth-order valence-corrected chi connectivity index (χ4v) is 1.71. The van der Waals surface area contributed by atoms with Crippen molar-refractivity contribution < 1.29 is 4.79 Å². The average molecular weight is 317 g/mol. The number of halogens is 1. The van der Waals surface area contributed by atoms with Gasteiger partial charge in [0.1, 0.15) is 0 Å². The van der Waals surface area contributed by atoms with Crippen LogP contribution < -0.4 is 10.9 Å². The van der Waals surface area contributed by atoms with Gasteiger partial charge in [0.15, 0.2) is 0 Å². The second-order valence-corrected chi connectivity index (χ2v) is 4.78. The van der Waals surface area contributed by atoms with Gasteiger partial charge in [-0.3, -0.25) is 15.6 Å². The van der Waals surface area contributed by atoms with Crippen LogP contribution in [0, 0.1) is 0 Å². The van der Waals surface area contributed by atoms with E-state index in [-0.39, 0.29) is 5.91 Å². The summed E-state index contributed by atoms with van der Waals surface area (Å²) in [6.45, 7) is 0. The van der Waals surface area contributed by atoms with Gasteiger partial charge in [0.25, 0.3) is 5.91 Å². The first kappa shape index (κ1) is 13.4. The Bertz CT molecular complexity index is 564. The molecule has 0 heterocycles. The van der Waals surface area contributed by atoms with Crippen LogP contribution >= 0.6 is 15.9 Å². The second-order valence-electron chi connectivity index (χ2n) is 3.87. The van der Waals surface area contributed by atoms with Crippen LogP contribution in [0.15, 0.2) is 65.1 Å². The molecule has 0 atom stereocenters. The Kier molecular flexibility index (Phi) is 4.75. The lowest BCUT2D eigenvalue weighted by Gasteiger charge is -2.06. The molecule has 96 valence electrons. The number of benzene rings is 2. The lowest BCUT2D eigenvalue weighted by Crippen LogP contribution is -2.27. The molecule has 0 saturated carbocycles. The lowest BCUT2D eigenvalue weighted by molar-refractivity contribution is -0.115. The number of carbonyl (C=O) groups is 1. The van der Waals surface area contributed by atoms with Crippen molar-refractivity contribution >= 4 is 33.6 Å². The van der Waals surface area contributed by atoms with Crippen molar-refractivity contribution in [1.82, 2.24) is 5.43 Å². The summed E-state index contributed by atoms with van der Waals surface area (Å²) in [5, 5.41) is 0. The predicted octanol–water partition coefficient (Wildman–Crippen LogP) is 3.61. The lowest BCUT2D eigenvalue weighted by atomic mass is 10.2. The highest BCUT2D eigenvalue weighted by Gasteiger charge is 1.95. The van der Waals surface area contributed by atoms with Gasteiger partial charge in [0.05, 0.1) is 5.69 Å². The highest BCUT2D eigenvalue weighted by molar-refractivity contribution is 9.10. The highest BCUT2D eigenvalue weighted by Crippen LogP contribution is 2.13. The largest absolute Gasteiger partial charge is 0.298 e. The summed E-state index contributed by atoms with van der Waals surface area (Å²) in [6.07, 6.45) is 3.25. The highest BCUT2D eigenvalue weighted by atomic mass is 79.9. The molecule has 0 spiro atoms. The van der Waals surface area contributed by atoms with Gasteiger partial charge < -0.3 is 0 Å². The average Bonchev–Trinajstić information content (AvgIpc) is 2.45. The Morgan fingerprint density at radius 1 is 1.00 bits per heavy atom. The molecule has 2 N–H and O–H groups in total. The number of nitrogens with one attached hydrogen (secondary N) is 2. The van der Waals surface area contributed by atoms with E-state index in [1.165, 1.54) is 6.08 Å². The number of amides is 1. The molecule has 4 heteroatoms. The van der Waals surface area contributed by atoms with Crippen molar-refractivity contribution in [3.8, 4) is 0 Å². The monoisotopic (exact) mass is 316 g/mol. The molecule has 0 saturated heterocycles. The van der Waals surface area contributed by atoms with Gasteiger partial charge >= 0.3 is 0 Å². The smallest absolute Gasteiger partial charge is 0.262 e. The molecule has 0 aliphatic heterocycles. The van der Waals surface area contributed by atoms with Gasteiger partial charge in [-0.1, -0.05) is 46.3 Å². The van der Waals surface area contributed by atoms with Crippen LogP contribution in [0.4, 0.5) is 5.69 Å². The SMILES string of the molecule is O=C(/C=C/c1ccccc1)NNc1ccc(Br)cc1. The Labute approximate surface area is 120 Å². The van der Waals surface area contributed by atoms with Gasteiger partial charge in [-0.25, -0.2) is 0 Å². The quantitative estimate of drug-likeness (QED) is 0.668. The zero-order valence-electron chi connectivity index (χ0n) is 10.1. The molecule has 0 bridgehead atoms. The van der Waals surface area contributed by atoms with Crippen LogP contribution in [0.3, 0.4) is 0 Å². The minimum atomic E-state index is -0.202. The molecule has 2 rings (SSSR count). The number of hydrogen-bond donors (Lipinski definition) is 2. The van der Waals surface area contributed by atoms with Crippen LogP contribution in [-0.2, 0) is 4.79 Å². The molecule has 1 amide bonds. The first-order valence-electron chi connectivity index (χ1n) is 5.79. The van der Waals surface area contributed by atoms with Gasteiger partial charge in [-0.15, -0.1) is 0 Å². The molecule has 0 radical (unpaired) electrons. The molecular formula is C15H13BrN2O. The summed E-state index contributed by atoms with van der Waals surface area (Å²) < 4.78 is 0.994. The van der Waals surface area contributed by atoms with E-state index in [0.29, 0.717) is 0 Å². The van der Waals surface area contributed by atoms with Crippen molar-refractivity contribution in [3.05, 3.63) is 70.7 Å². The molecule has 0 aromatic heterocycles. The molecule has 0 aliphatic rings. The van der Waals surface area contributed by atoms with E-state index in [2.05, 4.69) is 26.8 Å². The molecular weight excluding hydrogens is 304 g/mol. The normalized spacial score (nSPS) is 10.4. The van der Waals surface area contributed by atoms with Crippen LogP contribution in [0.2, 0.25) is 0 Å². The predicted molar refractivity (Wildman–Crippen MR) is 81.4 cm³/mol. The fraction of sp³-hybridized carbons (Fsp3) is 0. The Balaban J connectivity index is 1.85. The Morgan fingerprint density at radius 2 is 1.68 bits per heavy atom. The van der Waals surface area contributed by atoms with Gasteiger partial charge in [0.2, 0.25) is 0 Å². The maximum atomic E-state index is 11.6. The molecule has 19 heavy (non-hydrogen) atoms. The fourth-order valence-electron chi connectivity index (χ4n) is 1.44. The van der Waals surface area contributed by atoms with Gasteiger partial charge in [-0.2, -0.15) is 0 Å². The van der Waals surface area contributed by atoms with E-state index < -0.39 is 0 Å². The van der Waals surface area contributed by atoms with Crippen LogP contribution in [0.25, 0.3) is 6.08 Å². The zero-order valence-corrected chi connectivity index (χ0v) is 11.7. The maximum absolute atomic E-state index is 11.6. The standard InChI is InChI=1S/C15H13BrN2O/c16-13-7-9-14(10-8-13)17-18-15(19)11-6-12-4-2-1-3-5-12/h1-11,17H,(H,18,19)/b11-6+. The first-order valence-corrected chi connectivity index (χ1v) is 6.58. The number of rotatable bonds is 4. The van der Waals surface area contributed by atoms with Crippen LogP contribution in [-0.4, -0.2) is 5.91 Å². The molecule has 0 fully saturated rings. The van der Waals surface area contributed by atoms with Crippen LogP contribution in [0.1, 0.15) is 5.56 Å². The van der Waals surface area contributed by atoms with E-state index in [1.54, 1.807) is 6.08 Å². The second kappa shape index (κ2) is 6.75. The van der Waals surface area contributed by atoms with Crippen molar-refractivity contribution in [1.29, 1.82) is 0 Å². The topological polar surface area (TPSA) is 41.1 Å². The summed E-state index contributed by atoms with van der Waals surface area (Å²) in [7, 11) is 0. The van der Waals surface area contributed by atoms with E-state index in [4.69, 9.17) is 0 Å². The van der Waals surface area contributed by atoms with Crippen molar-refractivity contribution in [3.63, 3.8) is 0 Å². The molecule has 0 aliphatic carbocycles. The third-order valence-corrected chi connectivity index (χ3v) is 2.93. The van der Waals surface area contributed by atoms with Gasteiger partial charge in [0, 0.05) is 10.5 Å². The zero-order chi connectivity index (χ0) is 13.5. The molecule has 2 aromatic rings. The van der Waals surface area contributed by atoms with Crippen LogP contribution in [0.5, 0.6) is 0 Å². The van der Waals surface area contributed by atoms with Gasteiger partial charge in [-0.05, 0) is 35.9 Å². The third kappa shape index (κ3) is 4.60. The minimum absolute atomic E-state index is 0.202. The first-order chi connectivity index (χ1) is 9.24. The van der Waals surface area contributed by atoms with Crippen molar-refractivity contribution in [2.24, 2.45) is 0 Å². The number of anilines is 1. The minimum Gasteiger partial charge on any atom is -0.298 e. The van der Waals surface area contributed by atoms with Crippen molar-refractivity contribution in [2.45, 2.75) is 0 Å². The summed E-state index contributed by atoms with van der Waals surface area (Å²) >= 11 is 3.35. The summed E-state index contributed by atoms with van der Waals surface area (Å²) in [6, 6.07) is 17.2. The number of hydrazine groups is 1. The molecule has 0 unspecified atom stereocenters. The van der Waals surface area contributed by atoms with E-state index in [0.717, 1.165) is 15.7 Å². The van der Waals surface area contributed by atoms with E-state index in [9.17, 15) is 4.79 Å². The van der Waals surface area contributed by atoms with E-state index in [1.807, 2.05) is 54.6 Å². The Hall–Kier alpha value is -2.07. The Morgan fingerprint density at radius 3 is 2.37 bits per heavy atom. The maximum Gasteiger partial charge on any atom is 0.262 e. The summed E-state index contributed by atoms with van der Waals surface area (Å²) in [4.78, 5) is 11.6. The summed E-state index contributed by atoms with van der Waals surface area (Å²) in [5.74, 6) is -0.202. The third-order valence-electron chi connectivity index (χ3n) is 2.40.